The zero-order valence-corrected chi connectivity index (χ0v) is 19.8. The highest BCUT2D eigenvalue weighted by Gasteiger charge is 2.23. The summed E-state index contributed by atoms with van der Waals surface area (Å²) in [6.07, 6.45) is -1.63. The first kappa shape index (κ1) is 25.9. The van der Waals surface area contributed by atoms with Crippen molar-refractivity contribution in [3.05, 3.63) is 83.4 Å². The van der Waals surface area contributed by atoms with E-state index in [-0.39, 0.29) is 6.61 Å². The maximum atomic E-state index is 12.3. The summed E-state index contributed by atoms with van der Waals surface area (Å²) in [6.45, 7) is 11.4. The van der Waals surface area contributed by atoms with Gasteiger partial charge in [-0.1, -0.05) is 66.7 Å². The number of hydrogen-bond donors (Lipinski definition) is 3. The van der Waals surface area contributed by atoms with Crippen molar-refractivity contribution in [2.75, 3.05) is 0 Å². The number of nitrogens with one attached hydrogen (secondary N) is 2. The van der Waals surface area contributed by atoms with E-state index in [1.165, 1.54) is 0 Å². The molecule has 0 aromatic heterocycles. The molecule has 2 amide bonds. The van der Waals surface area contributed by atoms with Crippen LogP contribution in [0.15, 0.2) is 66.7 Å². The molecule has 0 heterocycles. The molecule has 2 atom stereocenters. The van der Waals surface area contributed by atoms with Gasteiger partial charge in [-0.3, -0.25) is 0 Å². The molecule has 2 aromatic carbocycles. The van der Waals surface area contributed by atoms with Crippen LogP contribution in [0.3, 0.4) is 0 Å². The molecule has 0 bridgehead atoms. The summed E-state index contributed by atoms with van der Waals surface area (Å²) >= 11 is 0. The van der Waals surface area contributed by atoms with Crippen LogP contribution in [0.1, 0.15) is 44.4 Å². The van der Waals surface area contributed by atoms with Crippen LogP contribution in [0.4, 0.5) is 9.59 Å². The molecule has 3 N–H and O–H groups in total. The van der Waals surface area contributed by atoms with Gasteiger partial charge in [0.15, 0.2) is 0 Å². The predicted molar refractivity (Wildman–Crippen MR) is 128 cm³/mol. The minimum atomic E-state index is -0.928. The highest BCUT2D eigenvalue weighted by Crippen LogP contribution is 2.14. The molecule has 0 radical (unpaired) electrons. The number of aliphatic hydroxyl groups excluding tert-OH is 1. The normalized spacial score (nSPS) is 12.9. The lowest BCUT2D eigenvalue weighted by atomic mass is 9.97. The molecule has 178 valence electrons. The summed E-state index contributed by atoms with van der Waals surface area (Å²) < 4.78 is 10.5. The number of rotatable bonds is 9. The van der Waals surface area contributed by atoms with Crippen molar-refractivity contribution in [3.63, 3.8) is 0 Å². The van der Waals surface area contributed by atoms with Gasteiger partial charge in [-0.2, -0.15) is 0 Å². The van der Waals surface area contributed by atoms with E-state index in [9.17, 15) is 14.7 Å². The van der Waals surface area contributed by atoms with E-state index in [2.05, 4.69) is 17.2 Å². The minimum Gasteiger partial charge on any atom is -0.445 e. The molecule has 2 rings (SSSR count). The van der Waals surface area contributed by atoms with E-state index in [1.54, 1.807) is 6.92 Å². The van der Waals surface area contributed by atoms with Crippen LogP contribution in [0.25, 0.3) is 0 Å². The van der Waals surface area contributed by atoms with Crippen LogP contribution >= 0.6 is 0 Å². The fraction of sp³-hybridized carbons (Fsp3) is 0.385. The highest BCUT2D eigenvalue weighted by atomic mass is 16.6. The molecule has 0 fully saturated rings. The van der Waals surface area contributed by atoms with Crippen molar-refractivity contribution in [2.45, 2.75) is 65.0 Å². The summed E-state index contributed by atoms with van der Waals surface area (Å²) in [5.74, 6) is 0. The molecular formula is C26H34N2O5. The van der Waals surface area contributed by atoms with E-state index in [4.69, 9.17) is 9.47 Å². The molecule has 0 saturated carbocycles. The first-order chi connectivity index (χ1) is 15.5. The van der Waals surface area contributed by atoms with Gasteiger partial charge in [0.25, 0.3) is 0 Å². The smallest absolute Gasteiger partial charge is 0.407 e. The Morgan fingerprint density at radius 2 is 1.58 bits per heavy atom. The summed E-state index contributed by atoms with van der Waals surface area (Å²) in [6, 6.07) is 16.3. The lowest BCUT2D eigenvalue weighted by Gasteiger charge is -2.24. The van der Waals surface area contributed by atoms with E-state index in [1.807, 2.05) is 75.4 Å². The van der Waals surface area contributed by atoms with Gasteiger partial charge in [0, 0.05) is 6.54 Å². The van der Waals surface area contributed by atoms with Gasteiger partial charge in [0.2, 0.25) is 0 Å². The lowest BCUT2D eigenvalue weighted by Crippen LogP contribution is -2.45. The van der Waals surface area contributed by atoms with Gasteiger partial charge in [-0.05, 0) is 50.8 Å². The van der Waals surface area contributed by atoms with E-state index in [0.29, 0.717) is 18.5 Å². The Labute approximate surface area is 195 Å². The van der Waals surface area contributed by atoms with Gasteiger partial charge in [-0.15, -0.1) is 0 Å². The SMILES string of the molecule is C=C(C)[C@@H](O)[C@H](Cc1ccc(CNC(=O)OC(C)(C)C)cc1)NC(=O)OCc1ccccc1. The number of ether oxygens (including phenoxy) is 2. The Morgan fingerprint density at radius 1 is 0.970 bits per heavy atom. The van der Waals surface area contributed by atoms with Crippen LogP contribution < -0.4 is 10.6 Å². The standard InChI is InChI=1S/C26H34N2O5/c1-18(2)23(29)22(28-25(31)32-17-21-9-7-6-8-10-21)15-19-11-13-20(14-12-19)16-27-24(30)33-26(3,4)5/h6-14,22-23,29H,1,15-17H2,2-5H3,(H,27,30)(H,28,31)/t22-,23+/m0/s1. The third-order valence-corrected chi connectivity index (χ3v) is 4.72. The zero-order chi connectivity index (χ0) is 24.4. The average Bonchev–Trinajstić information content (AvgIpc) is 2.75. The Hall–Kier alpha value is -3.32. The van der Waals surface area contributed by atoms with E-state index < -0.39 is 29.9 Å². The molecule has 0 spiro atoms. The fourth-order valence-electron chi connectivity index (χ4n) is 3.04. The van der Waals surface area contributed by atoms with Gasteiger partial charge in [0.05, 0.1) is 12.1 Å². The van der Waals surface area contributed by atoms with Gasteiger partial charge < -0.3 is 25.2 Å². The molecule has 0 aliphatic rings. The van der Waals surface area contributed by atoms with Crippen LogP contribution in [0.2, 0.25) is 0 Å². The third kappa shape index (κ3) is 9.78. The first-order valence-electron chi connectivity index (χ1n) is 10.9. The van der Waals surface area contributed by atoms with Crippen molar-refractivity contribution < 1.29 is 24.2 Å². The van der Waals surface area contributed by atoms with Crippen LogP contribution in [-0.2, 0) is 29.0 Å². The van der Waals surface area contributed by atoms with Crippen molar-refractivity contribution in [3.8, 4) is 0 Å². The Balaban J connectivity index is 1.93. The Kier molecular flexibility index (Phi) is 9.48. The van der Waals surface area contributed by atoms with Crippen LogP contribution in [0, 0.1) is 0 Å². The Bertz CT molecular complexity index is 920. The van der Waals surface area contributed by atoms with Crippen molar-refractivity contribution in [1.29, 1.82) is 0 Å². The van der Waals surface area contributed by atoms with Gasteiger partial charge in [-0.25, -0.2) is 9.59 Å². The maximum absolute atomic E-state index is 12.3. The third-order valence-electron chi connectivity index (χ3n) is 4.72. The number of aliphatic hydroxyl groups is 1. The largest absolute Gasteiger partial charge is 0.445 e. The second kappa shape index (κ2) is 12.1. The maximum Gasteiger partial charge on any atom is 0.407 e. The number of carbonyl (C=O) groups excluding carboxylic acids is 2. The predicted octanol–water partition coefficient (Wildman–Crippen LogP) is 4.49. The molecule has 0 aliphatic carbocycles. The molecule has 33 heavy (non-hydrogen) atoms. The van der Waals surface area contributed by atoms with E-state index in [0.717, 1.165) is 16.7 Å². The topological polar surface area (TPSA) is 96.9 Å². The van der Waals surface area contributed by atoms with Crippen molar-refractivity contribution in [2.24, 2.45) is 0 Å². The molecule has 0 aliphatic heterocycles. The monoisotopic (exact) mass is 454 g/mol. The van der Waals surface area contributed by atoms with Gasteiger partial charge in [0.1, 0.15) is 12.2 Å². The zero-order valence-electron chi connectivity index (χ0n) is 19.8. The number of alkyl carbamates (subject to hydrolysis) is 2. The summed E-state index contributed by atoms with van der Waals surface area (Å²) in [5.41, 5.74) is 2.67. The lowest BCUT2D eigenvalue weighted by molar-refractivity contribution is 0.0523. The Morgan fingerprint density at radius 3 is 2.15 bits per heavy atom. The van der Waals surface area contributed by atoms with Crippen molar-refractivity contribution in [1.82, 2.24) is 10.6 Å². The second-order valence-corrected chi connectivity index (χ2v) is 8.98. The molecule has 0 unspecified atom stereocenters. The van der Waals surface area contributed by atoms with Crippen LogP contribution in [0.5, 0.6) is 0 Å². The summed E-state index contributed by atoms with van der Waals surface area (Å²) in [5, 5.41) is 16.0. The number of hydrogen-bond acceptors (Lipinski definition) is 5. The van der Waals surface area contributed by atoms with Crippen molar-refractivity contribution >= 4 is 12.2 Å². The average molecular weight is 455 g/mol. The molecular weight excluding hydrogens is 420 g/mol. The second-order valence-electron chi connectivity index (χ2n) is 8.98. The number of carbonyl (C=O) groups is 2. The minimum absolute atomic E-state index is 0.141. The first-order valence-corrected chi connectivity index (χ1v) is 10.9. The fourth-order valence-corrected chi connectivity index (χ4v) is 3.04. The van der Waals surface area contributed by atoms with E-state index >= 15 is 0 Å². The molecule has 7 heteroatoms. The highest BCUT2D eigenvalue weighted by molar-refractivity contribution is 5.68. The quantitative estimate of drug-likeness (QED) is 0.485. The summed E-state index contributed by atoms with van der Waals surface area (Å²) in [7, 11) is 0. The molecule has 2 aromatic rings. The number of benzene rings is 2. The molecule has 7 nitrogen and oxygen atoms in total. The molecule has 0 saturated heterocycles. The number of amides is 2. The van der Waals surface area contributed by atoms with Crippen LogP contribution in [-0.4, -0.2) is 35.0 Å². The van der Waals surface area contributed by atoms with Gasteiger partial charge >= 0.3 is 12.2 Å². The summed E-state index contributed by atoms with van der Waals surface area (Å²) in [4.78, 5) is 24.1.